The van der Waals surface area contributed by atoms with E-state index in [4.69, 9.17) is 11.6 Å². The molecule has 26 heavy (non-hydrogen) atoms. The van der Waals surface area contributed by atoms with Gasteiger partial charge < -0.3 is 16.0 Å². The summed E-state index contributed by atoms with van der Waals surface area (Å²) >= 11 is 6.17. The first-order valence-corrected chi connectivity index (χ1v) is 9.00. The van der Waals surface area contributed by atoms with E-state index in [2.05, 4.69) is 16.0 Å². The fourth-order valence-electron chi connectivity index (χ4n) is 2.29. The van der Waals surface area contributed by atoms with Crippen molar-refractivity contribution in [3.05, 3.63) is 58.6 Å². The lowest BCUT2D eigenvalue weighted by molar-refractivity contribution is -0.118. The molecule has 0 unspecified atom stereocenters. The zero-order valence-corrected chi connectivity index (χ0v) is 16.0. The Morgan fingerprint density at radius 3 is 2.46 bits per heavy atom. The molecule has 0 saturated heterocycles. The topological polar surface area (TPSA) is 70.2 Å². The van der Waals surface area contributed by atoms with E-state index in [1.807, 2.05) is 31.2 Å². The first-order valence-electron chi connectivity index (χ1n) is 8.62. The van der Waals surface area contributed by atoms with Gasteiger partial charge in [-0.2, -0.15) is 0 Å². The molecule has 0 saturated carbocycles. The first-order chi connectivity index (χ1) is 12.4. The summed E-state index contributed by atoms with van der Waals surface area (Å²) < 4.78 is 0. The Kier molecular flexibility index (Phi) is 7.18. The number of rotatable bonds is 7. The number of nitrogens with one attached hydrogen (secondary N) is 3. The van der Waals surface area contributed by atoms with Gasteiger partial charge in [-0.15, -0.1) is 0 Å². The molecule has 138 valence electrons. The van der Waals surface area contributed by atoms with E-state index in [0.29, 0.717) is 22.0 Å². The minimum Gasteiger partial charge on any atom is -0.326 e. The molecule has 0 aliphatic carbocycles. The number of hydrogen-bond acceptors (Lipinski definition) is 3. The molecule has 0 bridgehead atoms. The first kappa shape index (κ1) is 19.9. The van der Waals surface area contributed by atoms with Gasteiger partial charge in [0.25, 0.3) is 5.91 Å². The predicted octanol–water partition coefficient (Wildman–Crippen LogP) is 4.30. The van der Waals surface area contributed by atoms with Crippen LogP contribution in [0.1, 0.15) is 36.7 Å². The number of carbonyl (C=O) groups is 2. The fraction of sp³-hybridized carbons (Fsp3) is 0.300. The van der Waals surface area contributed by atoms with Crippen LogP contribution in [0.2, 0.25) is 5.02 Å². The second-order valence-corrected chi connectivity index (χ2v) is 6.68. The van der Waals surface area contributed by atoms with Crippen LogP contribution in [0, 0.1) is 5.92 Å². The summed E-state index contributed by atoms with van der Waals surface area (Å²) in [6.45, 7) is 7.26. The zero-order chi connectivity index (χ0) is 19.1. The summed E-state index contributed by atoms with van der Waals surface area (Å²) in [6.07, 6.45) is 0. The Morgan fingerprint density at radius 2 is 1.77 bits per heavy atom. The van der Waals surface area contributed by atoms with Crippen molar-refractivity contribution >= 4 is 34.8 Å². The highest BCUT2D eigenvalue weighted by Crippen LogP contribution is 2.22. The molecule has 0 aliphatic heterocycles. The van der Waals surface area contributed by atoms with Gasteiger partial charge in [0.05, 0.1) is 10.6 Å². The van der Waals surface area contributed by atoms with Crippen molar-refractivity contribution in [2.75, 3.05) is 17.2 Å². The van der Waals surface area contributed by atoms with Gasteiger partial charge in [-0.1, -0.05) is 44.5 Å². The minimum atomic E-state index is -0.323. The third-order valence-corrected chi connectivity index (χ3v) is 4.10. The fourth-order valence-corrected chi connectivity index (χ4v) is 2.49. The van der Waals surface area contributed by atoms with Crippen LogP contribution in [0.25, 0.3) is 0 Å². The van der Waals surface area contributed by atoms with Gasteiger partial charge in [0.15, 0.2) is 0 Å². The van der Waals surface area contributed by atoms with Crippen molar-refractivity contribution in [3.63, 3.8) is 0 Å². The van der Waals surface area contributed by atoms with E-state index in [1.165, 1.54) is 0 Å². The Hall–Kier alpha value is -2.37. The molecule has 0 radical (unpaired) electrons. The molecule has 0 heterocycles. The lowest BCUT2D eigenvalue weighted by Gasteiger charge is -2.12. The summed E-state index contributed by atoms with van der Waals surface area (Å²) in [4.78, 5) is 24.5. The van der Waals surface area contributed by atoms with Gasteiger partial charge in [0.2, 0.25) is 5.91 Å². The van der Waals surface area contributed by atoms with Crippen molar-refractivity contribution < 1.29 is 9.59 Å². The molecule has 2 amide bonds. The molecular formula is C20H24ClN3O2. The third-order valence-electron chi connectivity index (χ3n) is 3.77. The average Bonchev–Trinajstić information content (AvgIpc) is 2.61. The van der Waals surface area contributed by atoms with Crippen LogP contribution in [0.4, 0.5) is 11.4 Å². The number of hydrogen-bond donors (Lipinski definition) is 3. The van der Waals surface area contributed by atoms with E-state index in [-0.39, 0.29) is 17.7 Å². The highest BCUT2D eigenvalue weighted by molar-refractivity contribution is 6.34. The summed E-state index contributed by atoms with van der Waals surface area (Å²) in [6, 6.07) is 12.5. The van der Waals surface area contributed by atoms with Crippen molar-refractivity contribution in [2.24, 2.45) is 5.92 Å². The van der Waals surface area contributed by atoms with E-state index in [9.17, 15) is 9.59 Å². The standard InChI is InChI=1S/C20H24ClN3O2/c1-4-22-12-14-6-5-7-15(10-14)24-20(26)17-11-16(8-9-18(17)21)23-19(25)13(2)3/h5-11,13,22H,4,12H2,1-3H3,(H,23,25)(H,24,26). The largest absolute Gasteiger partial charge is 0.326 e. The summed E-state index contributed by atoms with van der Waals surface area (Å²) in [7, 11) is 0. The number of halogens is 1. The molecule has 3 N–H and O–H groups in total. The lowest BCUT2D eigenvalue weighted by Crippen LogP contribution is -2.19. The van der Waals surface area contributed by atoms with Gasteiger partial charge in [0.1, 0.15) is 0 Å². The van der Waals surface area contributed by atoms with Crippen LogP contribution in [-0.4, -0.2) is 18.4 Å². The molecule has 0 fully saturated rings. The maximum absolute atomic E-state index is 12.6. The van der Waals surface area contributed by atoms with Gasteiger partial charge in [-0.3, -0.25) is 9.59 Å². The minimum absolute atomic E-state index is 0.116. The number of anilines is 2. The summed E-state index contributed by atoms with van der Waals surface area (Å²) in [5.74, 6) is -0.589. The van der Waals surface area contributed by atoms with Gasteiger partial charge >= 0.3 is 0 Å². The lowest BCUT2D eigenvalue weighted by atomic mass is 10.1. The molecule has 5 nitrogen and oxygen atoms in total. The predicted molar refractivity (Wildman–Crippen MR) is 107 cm³/mol. The Labute approximate surface area is 159 Å². The molecule has 0 atom stereocenters. The second kappa shape index (κ2) is 9.36. The SMILES string of the molecule is CCNCc1cccc(NC(=O)c2cc(NC(=O)C(C)C)ccc2Cl)c1. The monoisotopic (exact) mass is 373 g/mol. The van der Waals surface area contributed by atoms with E-state index >= 15 is 0 Å². The molecule has 0 aromatic heterocycles. The number of benzene rings is 2. The van der Waals surface area contributed by atoms with E-state index in [1.54, 1.807) is 32.0 Å². The van der Waals surface area contributed by atoms with Crippen LogP contribution in [0.5, 0.6) is 0 Å². The van der Waals surface area contributed by atoms with Crippen LogP contribution in [0.3, 0.4) is 0 Å². The van der Waals surface area contributed by atoms with Gasteiger partial charge in [-0.25, -0.2) is 0 Å². The van der Waals surface area contributed by atoms with Crippen LogP contribution in [-0.2, 0) is 11.3 Å². The Bertz CT molecular complexity index is 790. The van der Waals surface area contributed by atoms with Crippen LogP contribution < -0.4 is 16.0 Å². The van der Waals surface area contributed by atoms with E-state index < -0.39 is 0 Å². The molecule has 6 heteroatoms. The van der Waals surface area contributed by atoms with Crippen molar-refractivity contribution in [2.45, 2.75) is 27.3 Å². The smallest absolute Gasteiger partial charge is 0.257 e. The maximum atomic E-state index is 12.6. The highest BCUT2D eigenvalue weighted by atomic mass is 35.5. The van der Waals surface area contributed by atoms with Crippen molar-refractivity contribution in [3.8, 4) is 0 Å². The summed E-state index contributed by atoms with van der Waals surface area (Å²) in [5.41, 5.74) is 2.62. The van der Waals surface area contributed by atoms with Crippen molar-refractivity contribution in [1.82, 2.24) is 5.32 Å². The molecule has 2 aromatic rings. The Balaban J connectivity index is 2.15. The third kappa shape index (κ3) is 5.58. The highest BCUT2D eigenvalue weighted by Gasteiger charge is 2.14. The molecular weight excluding hydrogens is 350 g/mol. The number of carbonyl (C=O) groups excluding carboxylic acids is 2. The van der Waals surface area contributed by atoms with Gasteiger partial charge in [0, 0.05) is 23.8 Å². The second-order valence-electron chi connectivity index (χ2n) is 6.27. The van der Waals surface area contributed by atoms with Gasteiger partial charge in [-0.05, 0) is 42.4 Å². The number of amides is 2. The summed E-state index contributed by atoms with van der Waals surface area (Å²) in [5, 5.41) is 9.20. The maximum Gasteiger partial charge on any atom is 0.257 e. The Morgan fingerprint density at radius 1 is 1.04 bits per heavy atom. The zero-order valence-electron chi connectivity index (χ0n) is 15.2. The van der Waals surface area contributed by atoms with Crippen molar-refractivity contribution in [1.29, 1.82) is 0 Å². The molecule has 2 aromatic carbocycles. The normalized spacial score (nSPS) is 10.7. The van der Waals surface area contributed by atoms with E-state index in [0.717, 1.165) is 18.7 Å². The average molecular weight is 374 g/mol. The van der Waals surface area contributed by atoms with Crippen LogP contribution in [0.15, 0.2) is 42.5 Å². The molecule has 0 spiro atoms. The molecule has 2 rings (SSSR count). The quantitative estimate of drug-likeness (QED) is 0.677. The van der Waals surface area contributed by atoms with Crippen LogP contribution >= 0.6 is 11.6 Å². The molecule has 0 aliphatic rings.